The fraction of sp³-hybridized carbons (Fsp3) is 0.259. The highest BCUT2D eigenvalue weighted by molar-refractivity contribution is 5.95. The van der Waals surface area contributed by atoms with Crippen molar-refractivity contribution in [3.8, 4) is 11.6 Å². The van der Waals surface area contributed by atoms with Crippen LogP contribution >= 0.6 is 0 Å². The molecule has 3 heterocycles. The van der Waals surface area contributed by atoms with Gasteiger partial charge in [0, 0.05) is 49.4 Å². The molecule has 4 aromatic rings. The van der Waals surface area contributed by atoms with Crippen LogP contribution in [0.25, 0.3) is 0 Å². The summed E-state index contributed by atoms with van der Waals surface area (Å²) in [6.07, 6.45) is 8.65. The third kappa shape index (κ3) is 4.83. The van der Waals surface area contributed by atoms with Crippen LogP contribution < -0.4 is 4.74 Å². The van der Waals surface area contributed by atoms with Gasteiger partial charge in [-0.1, -0.05) is 30.3 Å². The van der Waals surface area contributed by atoms with Gasteiger partial charge in [-0.05, 0) is 55.2 Å². The van der Waals surface area contributed by atoms with Crippen LogP contribution in [0.5, 0.6) is 11.6 Å². The van der Waals surface area contributed by atoms with Crippen LogP contribution in [-0.4, -0.2) is 43.6 Å². The Labute approximate surface area is 199 Å². The number of piperidine rings is 1. The van der Waals surface area contributed by atoms with E-state index >= 15 is 0 Å². The van der Waals surface area contributed by atoms with Gasteiger partial charge < -0.3 is 9.64 Å². The van der Waals surface area contributed by atoms with Gasteiger partial charge in [0.1, 0.15) is 11.4 Å². The van der Waals surface area contributed by atoms with Gasteiger partial charge in [-0.3, -0.25) is 14.5 Å². The number of carbonyl (C=O) groups excluding carboxylic acids is 1. The number of amides is 1. The smallest absolute Gasteiger partial charge is 0.254 e. The highest BCUT2D eigenvalue weighted by Crippen LogP contribution is 2.34. The molecule has 7 nitrogen and oxygen atoms in total. The number of benzene rings is 2. The van der Waals surface area contributed by atoms with Crippen LogP contribution in [0.4, 0.5) is 0 Å². The van der Waals surface area contributed by atoms with Gasteiger partial charge in [0.25, 0.3) is 5.91 Å². The summed E-state index contributed by atoms with van der Waals surface area (Å²) in [4.78, 5) is 24.4. The molecule has 0 aliphatic carbocycles. The number of ether oxygens (including phenoxy) is 1. The largest absolute Gasteiger partial charge is 0.437 e. The van der Waals surface area contributed by atoms with Crippen molar-refractivity contribution in [2.45, 2.75) is 32.2 Å². The Kier molecular flexibility index (Phi) is 6.33. The van der Waals surface area contributed by atoms with Crippen molar-refractivity contribution in [1.82, 2.24) is 24.6 Å². The molecule has 2 aromatic heterocycles. The third-order valence-electron chi connectivity index (χ3n) is 6.20. The number of likely N-dealkylation sites (tertiary alicyclic amines) is 1. The van der Waals surface area contributed by atoms with Crippen molar-refractivity contribution in [3.05, 3.63) is 102 Å². The van der Waals surface area contributed by atoms with E-state index in [-0.39, 0.29) is 11.8 Å². The summed E-state index contributed by atoms with van der Waals surface area (Å²) in [7, 11) is 0. The number of carbonyl (C=O) groups is 1. The lowest BCUT2D eigenvalue weighted by atomic mass is 9.92. The van der Waals surface area contributed by atoms with E-state index in [4.69, 9.17) is 4.74 Å². The summed E-state index contributed by atoms with van der Waals surface area (Å²) in [5, 5.41) is 4.28. The molecular formula is C27H27N5O2. The Hall–Kier alpha value is -4.00. The Bertz CT molecular complexity index is 1260. The zero-order valence-corrected chi connectivity index (χ0v) is 19.2. The summed E-state index contributed by atoms with van der Waals surface area (Å²) in [5.41, 5.74) is 3.69. The molecule has 34 heavy (non-hydrogen) atoms. The van der Waals surface area contributed by atoms with Crippen LogP contribution in [0.3, 0.4) is 0 Å². The van der Waals surface area contributed by atoms with E-state index in [1.807, 2.05) is 77.3 Å². The van der Waals surface area contributed by atoms with Crippen LogP contribution in [0, 0.1) is 6.92 Å². The first-order valence-corrected chi connectivity index (χ1v) is 11.6. The molecule has 0 N–H and O–H groups in total. The molecule has 0 bridgehead atoms. The zero-order chi connectivity index (χ0) is 23.3. The summed E-state index contributed by atoms with van der Waals surface area (Å²) in [5.74, 6) is 1.55. The molecule has 1 aliphatic heterocycles. The van der Waals surface area contributed by atoms with Crippen molar-refractivity contribution in [2.75, 3.05) is 13.1 Å². The molecule has 5 rings (SSSR count). The summed E-state index contributed by atoms with van der Waals surface area (Å²) >= 11 is 0. The van der Waals surface area contributed by atoms with Crippen molar-refractivity contribution < 1.29 is 9.53 Å². The molecule has 1 fully saturated rings. The monoisotopic (exact) mass is 453 g/mol. The highest BCUT2D eigenvalue weighted by atomic mass is 16.5. The molecule has 0 unspecified atom stereocenters. The Balaban J connectivity index is 1.28. The average molecular weight is 454 g/mol. The summed E-state index contributed by atoms with van der Waals surface area (Å²) in [6.45, 7) is 3.94. The predicted molar refractivity (Wildman–Crippen MR) is 129 cm³/mol. The molecule has 1 saturated heterocycles. The first kappa shape index (κ1) is 21.8. The van der Waals surface area contributed by atoms with E-state index in [9.17, 15) is 4.79 Å². The van der Waals surface area contributed by atoms with E-state index in [0.717, 1.165) is 41.0 Å². The minimum atomic E-state index is 0.0663. The lowest BCUT2D eigenvalue weighted by Crippen LogP contribution is -2.38. The van der Waals surface area contributed by atoms with Gasteiger partial charge in [0.15, 0.2) is 0 Å². The first-order chi connectivity index (χ1) is 16.7. The van der Waals surface area contributed by atoms with Crippen LogP contribution in [0.1, 0.15) is 45.9 Å². The second-order valence-corrected chi connectivity index (χ2v) is 8.59. The number of aromatic nitrogens is 4. The van der Waals surface area contributed by atoms with E-state index in [1.54, 1.807) is 18.6 Å². The lowest BCUT2D eigenvalue weighted by molar-refractivity contribution is 0.0710. The zero-order valence-electron chi connectivity index (χ0n) is 19.2. The standard InChI is InChI=1S/C27H27N5O2/c1-20-6-4-8-23(18-20)34-26-25(28-13-14-29-26)21-10-16-31(17-11-21)27(33)24-9-3-2-7-22(24)19-32-15-5-12-30-32/h2-9,12-15,18,21H,10-11,16-17,19H2,1H3. The second kappa shape index (κ2) is 9.87. The van der Waals surface area contributed by atoms with Gasteiger partial charge in [-0.2, -0.15) is 5.10 Å². The molecule has 0 radical (unpaired) electrons. The molecule has 0 spiro atoms. The fourth-order valence-corrected chi connectivity index (χ4v) is 4.45. The SMILES string of the molecule is Cc1cccc(Oc2nccnc2C2CCN(C(=O)c3ccccc3Cn3cccn3)CC2)c1. The third-order valence-corrected chi connectivity index (χ3v) is 6.20. The second-order valence-electron chi connectivity index (χ2n) is 8.59. The molecule has 1 aliphatic rings. The number of nitrogens with zero attached hydrogens (tertiary/aromatic N) is 5. The quantitative estimate of drug-likeness (QED) is 0.418. The van der Waals surface area contributed by atoms with E-state index in [2.05, 4.69) is 15.1 Å². The Morgan fingerprint density at radius 2 is 1.82 bits per heavy atom. The van der Waals surface area contributed by atoms with Crippen LogP contribution in [0.15, 0.2) is 79.4 Å². The topological polar surface area (TPSA) is 73.1 Å². The normalized spacial score (nSPS) is 14.2. The fourth-order valence-electron chi connectivity index (χ4n) is 4.45. The summed E-state index contributed by atoms with van der Waals surface area (Å²) in [6, 6.07) is 17.6. The maximum absolute atomic E-state index is 13.4. The highest BCUT2D eigenvalue weighted by Gasteiger charge is 2.28. The van der Waals surface area contributed by atoms with Gasteiger partial charge in [0.2, 0.25) is 5.88 Å². The molecule has 172 valence electrons. The predicted octanol–water partition coefficient (Wildman–Crippen LogP) is 4.84. The minimum absolute atomic E-state index is 0.0663. The van der Waals surface area contributed by atoms with Crippen molar-refractivity contribution in [2.24, 2.45) is 0 Å². The molecule has 2 aromatic carbocycles. The van der Waals surface area contributed by atoms with E-state index in [0.29, 0.717) is 25.5 Å². The van der Waals surface area contributed by atoms with Crippen molar-refractivity contribution in [3.63, 3.8) is 0 Å². The lowest BCUT2D eigenvalue weighted by Gasteiger charge is -2.32. The van der Waals surface area contributed by atoms with E-state index < -0.39 is 0 Å². The first-order valence-electron chi connectivity index (χ1n) is 11.6. The minimum Gasteiger partial charge on any atom is -0.437 e. The van der Waals surface area contributed by atoms with Crippen molar-refractivity contribution >= 4 is 5.91 Å². The maximum atomic E-state index is 13.4. The molecule has 0 saturated carbocycles. The number of rotatable bonds is 6. The molecule has 1 amide bonds. The Morgan fingerprint density at radius 3 is 2.62 bits per heavy atom. The number of aryl methyl sites for hydroxylation is 1. The average Bonchev–Trinajstić information content (AvgIpc) is 3.38. The Morgan fingerprint density at radius 1 is 1.00 bits per heavy atom. The summed E-state index contributed by atoms with van der Waals surface area (Å²) < 4.78 is 7.93. The van der Waals surface area contributed by atoms with E-state index in [1.165, 1.54) is 0 Å². The van der Waals surface area contributed by atoms with Crippen molar-refractivity contribution in [1.29, 1.82) is 0 Å². The maximum Gasteiger partial charge on any atom is 0.254 e. The van der Waals surface area contributed by atoms with Gasteiger partial charge in [-0.15, -0.1) is 0 Å². The molecular weight excluding hydrogens is 426 g/mol. The number of hydrogen-bond donors (Lipinski definition) is 0. The molecule has 0 atom stereocenters. The van der Waals surface area contributed by atoms with Crippen LogP contribution in [-0.2, 0) is 6.54 Å². The van der Waals surface area contributed by atoms with Crippen LogP contribution in [0.2, 0.25) is 0 Å². The van der Waals surface area contributed by atoms with Gasteiger partial charge in [0.05, 0.1) is 6.54 Å². The van der Waals surface area contributed by atoms with Gasteiger partial charge in [-0.25, -0.2) is 4.98 Å². The number of hydrogen-bond acceptors (Lipinski definition) is 5. The molecule has 7 heteroatoms. The van der Waals surface area contributed by atoms with Gasteiger partial charge >= 0.3 is 0 Å².